The van der Waals surface area contributed by atoms with Gasteiger partial charge in [0, 0.05) is 17.8 Å². The van der Waals surface area contributed by atoms with E-state index >= 15 is 0 Å². The first-order valence-electron chi connectivity index (χ1n) is 5.69. The summed E-state index contributed by atoms with van der Waals surface area (Å²) in [6, 6.07) is 7.59. The number of H-pyrrole nitrogens is 1. The second-order valence-corrected chi connectivity index (χ2v) is 3.94. The van der Waals surface area contributed by atoms with Crippen molar-refractivity contribution < 1.29 is 9.53 Å². The van der Waals surface area contributed by atoms with Gasteiger partial charge in [-0.1, -0.05) is 12.1 Å². The van der Waals surface area contributed by atoms with Crippen LogP contribution in [0.2, 0.25) is 0 Å². The molecule has 90 valence electrons. The number of fused-ring (bicyclic) bond motifs is 1. The summed E-state index contributed by atoms with van der Waals surface area (Å²) < 4.78 is 4.88. The highest BCUT2D eigenvalue weighted by Gasteiger charge is 2.12. The summed E-state index contributed by atoms with van der Waals surface area (Å²) in [7, 11) is 0. The van der Waals surface area contributed by atoms with Crippen LogP contribution < -0.4 is 5.73 Å². The molecule has 1 aromatic carbocycles. The van der Waals surface area contributed by atoms with Crippen LogP contribution in [0.3, 0.4) is 0 Å². The first-order valence-corrected chi connectivity index (χ1v) is 5.69. The number of benzene rings is 1. The lowest BCUT2D eigenvalue weighted by Crippen LogP contribution is -2.17. The summed E-state index contributed by atoms with van der Waals surface area (Å²) in [4.78, 5) is 14.5. The Morgan fingerprint density at radius 2 is 2.29 bits per heavy atom. The molecule has 0 saturated carbocycles. The summed E-state index contributed by atoms with van der Waals surface area (Å²) >= 11 is 0. The van der Waals surface area contributed by atoms with Crippen molar-refractivity contribution in [1.29, 1.82) is 0 Å². The van der Waals surface area contributed by atoms with Gasteiger partial charge in [-0.15, -0.1) is 0 Å². The summed E-state index contributed by atoms with van der Waals surface area (Å²) in [5.41, 5.74) is 7.94. The molecule has 3 N–H and O–H groups in total. The molecule has 17 heavy (non-hydrogen) atoms. The highest BCUT2D eigenvalue weighted by molar-refractivity contribution is 5.80. The van der Waals surface area contributed by atoms with E-state index in [0.717, 1.165) is 16.5 Å². The van der Waals surface area contributed by atoms with E-state index < -0.39 is 0 Å². The van der Waals surface area contributed by atoms with Crippen molar-refractivity contribution in [1.82, 2.24) is 4.98 Å². The van der Waals surface area contributed by atoms with E-state index in [-0.39, 0.29) is 18.4 Å². The Labute approximate surface area is 99.8 Å². The molecule has 0 spiro atoms. The molecule has 0 fully saturated rings. The van der Waals surface area contributed by atoms with Gasteiger partial charge in [0.25, 0.3) is 0 Å². The number of nitrogens with two attached hydrogens (primary N) is 1. The van der Waals surface area contributed by atoms with Crippen molar-refractivity contribution in [2.45, 2.75) is 19.4 Å². The maximum absolute atomic E-state index is 11.3. The zero-order valence-electron chi connectivity index (χ0n) is 9.77. The molecule has 4 nitrogen and oxygen atoms in total. The maximum Gasteiger partial charge on any atom is 0.307 e. The Morgan fingerprint density at radius 1 is 1.47 bits per heavy atom. The van der Waals surface area contributed by atoms with Crippen LogP contribution in [0, 0.1) is 0 Å². The van der Waals surface area contributed by atoms with Crippen LogP contribution in [0.4, 0.5) is 0 Å². The molecule has 0 aliphatic heterocycles. The molecule has 1 aromatic heterocycles. The quantitative estimate of drug-likeness (QED) is 0.793. The second-order valence-electron chi connectivity index (χ2n) is 3.94. The van der Waals surface area contributed by atoms with Gasteiger partial charge in [-0.05, 0) is 30.0 Å². The minimum Gasteiger partial charge on any atom is -0.466 e. The number of aromatic amines is 1. The molecule has 1 atom stereocenters. The van der Waals surface area contributed by atoms with Crippen molar-refractivity contribution in [2.75, 3.05) is 6.61 Å². The number of nitrogens with one attached hydrogen (secondary N) is 1. The number of rotatable bonds is 4. The minimum atomic E-state index is -0.318. The summed E-state index contributed by atoms with van der Waals surface area (Å²) in [6.45, 7) is 2.18. The average molecular weight is 232 g/mol. The van der Waals surface area contributed by atoms with Crippen LogP contribution >= 0.6 is 0 Å². The zero-order valence-corrected chi connectivity index (χ0v) is 9.77. The third-order valence-corrected chi connectivity index (χ3v) is 2.70. The van der Waals surface area contributed by atoms with Gasteiger partial charge in [0.1, 0.15) is 0 Å². The van der Waals surface area contributed by atoms with Gasteiger partial charge in [0.15, 0.2) is 0 Å². The molecule has 2 aromatic rings. The fourth-order valence-corrected chi connectivity index (χ4v) is 1.81. The highest BCUT2D eigenvalue weighted by Crippen LogP contribution is 2.20. The van der Waals surface area contributed by atoms with Crippen LogP contribution in [0.15, 0.2) is 30.5 Å². The van der Waals surface area contributed by atoms with Crippen molar-refractivity contribution in [3.8, 4) is 0 Å². The standard InChI is InChI=1S/C13H16N2O2/c1-2-17-13(16)8-11(14)10-4-3-9-5-6-15-12(9)7-10/h3-7,11,15H,2,8,14H2,1H3/t11-/m1/s1. The van der Waals surface area contributed by atoms with Crippen molar-refractivity contribution in [3.05, 3.63) is 36.0 Å². The Kier molecular flexibility index (Phi) is 3.44. The average Bonchev–Trinajstić information content (AvgIpc) is 2.75. The SMILES string of the molecule is CCOC(=O)C[C@@H](N)c1ccc2cc[nH]c2c1. The zero-order chi connectivity index (χ0) is 12.3. The van der Waals surface area contributed by atoms with Gasteiger partial charge in [0.2, 0.25) is 0 Å². The normalized spacial score (nSPS) is 12.6. The first-order chi connectivity index (χ1) is 8.20. The molecule has 0 amide bonds. The monoisotopic (exact) mass is 232 g/mol. The van der Waals surface area contributed by atoms with E-state index in [0.29, 0.717) is 6.61 Å². The number of hydrogen-bond donors (Lipinski definition) is 2. The fraction of sp³-hybridized carbons (Fsp3) is 0.308. The molecule has 2 rings (SSSR count). The molecule has 0 bridgehead atoms. The molecular formula is C13H16N2O2. The number of hydrogen-bond acceptors (Lipinski definition) is 3. The van der Waals surface area contributed by atoms with Crippen LogP contribution in [-0.4, -0.2) is 17.6 Å². The van der Waals surface area contributed by atoms with Crippen molar-refractivity contribution >= 4 is 16.9 Å². The van der Waals surface area contributed by atoms with Gasteiger partial charge in [-0.3, -0.25) is 4.79 Å². The first kappa shape index (κ1) is 11.7. The van der Waals surface area contributed by atoms with Crippen LogP contribution in [-0.2, 0) is 9.53 Å². The lowest BCUT2D eigenvalue weighted by molar-refractivity contribution is -0.143. The van der Waals surface area contributed by atoms with Crippen LogP contribution in [0.25, 0.3) is 10.9 Å². The predicted octanol–water partition coefficient (Wildman–Crippen LogP) is 2.12. The molecule has 0 saturated heterocycles. The van der Waals surface area contributed by atoms with Crippen LogP contribution in [0.1, 0.15) is 24.9 Å². The van der Waals surface area contributed by atoms with E-state index in [4.69, 9.17) is 10.5 Å². The number of esters is 1. The topological polar surface area (TPSA) is 68.1 Å². The Balaban J connectivity index is 2.12. The molecule has 0 aliphatic rings. The van der Waals surface area contributed by atoms with Crippen molar-refractivity contribution in [3.63, 3.8) is 0 Å². The molecule has 1 heterocycles. The molecule has 0 unspecified atom stereocenters. The lowest BCUT2D eigenvalue weighted by Gasteiger charge is -2.11. The van der Waals surface area contributed by atoms with Gasteiger partial charge >= 0.3 is 5.97 Å². The molecule has 0 radical (unpaired) electrons. The maximum atomic E-state index is 11.3. The Bertz CT molecular complexity index is 519. The number of carbonyl (C=O) groups excluding carboxylic acids is 1. The van der Waals surface area contributed by atoms with Gasteiger partial charge < -0.3 is 15.5 Å². The predicted molar refractivity (Wildman–Crippen MR) is 66.5 cm³/mol. The van der Waals surface area contributed by atoms with E-state index in [1.54, 1.807) is 6.92 Å². The summed E-state index contributed by atoms with van der Waals surface area (Å²) in [5, 5.41) is 1.14. The van der Waals surface area contributed by atoms with Crippen LogP contribution in [0.5, 0.6) is 0 Å². The summed E-state index contributed by atoms with van der Waals surface area (Å²) in [5.74, 6) is -0.258. The highest BCUT2D eigenvalue weighted by atomic mass is 16.5. The smallest absolute Gasteiger partial charge is 0.307 e. The van der Waals surface area contributed by atoms with Gasteiger partial charge in [0.05, 0.1) is 13.0 Å². The number of carbonyl (C=O) groups is 1. The van der Waals surface area contributed by atoms with Crippen molar-refractivity contribution in [2.24, 2.45) is 5.73 Å². The molecule has 0 aliphatic carbocycles. The Hall–Kier alpha value is -1.81. The van der Waals surface area contributed by atoms with E-state index in [1.165, 1.54) is 0 Å². The number of aromatic nitrogens is 1. The second kappa shape index (κ2) is 5.01. The van der Waals surface area contributed by atoms with E-state index in [9.17, 15) is 4.79 Å². The fourth-order valence-electron chi connectivity index (χ4n) is 1.81. The number of ether oxygens (including phenoxy) is 1. The third kappa shape index (κ3) is 2.65. The van der Waals surface area contributed by atoms with E-state index in [1.807, 2.05) is 30.5 Å². The summed E-state index contributed by atoms with van der Waals surface area (Å²) in [6.07, 6.45) is 2.09. The third-order valence-electron chi connectivity index (χ3n) is 2.70. The van der Waals surface area contributed by atoms with Gasteiger partial charge in [-0.25, -0.2) is 0 Å². The molecule has 4 heteroatoms. The largest absolute Gasteiger partial charge is 0.466 e. The lowest BCUT2D eigenvalue weighted by atomic mass is 10.0. The molecular weight excluding hydrogens is 216 g/mol. The van der Waals surface area contributed by atoms with Gasteiger partial charge in [-0.2, -0.15) is 0 Å². The minimum absolute atomic E-state index is 0.208. The van der Waals surface area contributed by atoms with E-state index in [2.05, 4.69) is 4.98 Å². The Morgan fingerprint density at radius 3 is 3.06 bits per heavy atom.